The molecule has 0 bridgehead atoms. The highest BCUT2D eigenvalue weighted by molar-refractivity contribution is 8.26. The Morgan fingerprint density at radius 1 is 1.17 bits per heavy atom. The second-order valence-electron chi connectivity index (χ2n) is 7.53. The Hall–Kier alpha value is -2.68. The van der Waals surface area contributed by atoms with Gasteiger partial charge in [-0.2, -0.15) is 0 Å². The van der Waals surface area contributed by atoms with Crippen LogP contribution in [0.25, 0.3) is 23.0 Å². The summed E-state index contributed by atoms with van der Waals surface area (Å²) in [5, 5.41) is 2.66. The lowest BCUT2D eigenvalue weighted by Crippen LogP contribution is -2.44. The second-order valence-corrected chi connectivity index (χ2v) is 9.25. The van der Waals surface area contributed by atoms with Crippen molar-refractivity contribution in [2.45, 2.75) is 0 Å². The van der Waals surface area contributed by atoms with E-state index in [0.29, 0.717) is 9.23 Å². The first-order valence-electron chi connectivity index (χ1n) is 9.83. The lowest BCUT2D eigenvalue weighted by atomic mass is 10.1. The van der Waals surface area contributed by atoms with Gasteiger partial charge in [-0.3, -0.25) is 9.20 Å². The Kier molecular flexibility index (Phi) is 5.06. The maximum atomic E-state index is 12.0. The van der Waals surface area contributed by atoms with E-state index in [1.165, 1.54) is 17.4 Å². The topological polar surface area (TPSA) is 52.9 Å². The smallest absolute Gasteiger partial charge is 0.263 e. The lowest BCUT2D eigenvalue weighted by Gasteiger charge is -2.34. The van der Waals surface area contributed by atoms with E-state index in [-0.39, 0.29) is 5.91 Å². The Bertz CT molecular complexity index is 1180. The van der Waals surface area contributed by atoms with Gasteiger partial charge >= 0.3 is 0 Å². The van der Waals surface area contributed by atoms with Crippen molar-refractivity contribution in [3.8, 4) is 11.3 Å². The highest BCUT2D eigenvalue weighted by Crippen LogP contribution is 2.29. The van der Waals surface area contributed by atoms with E-state index in [1.807, 2.05) is 30.6 Å². The van der Waals surface area contributed by atoms with Crippen molar-refractivity contribution in [3.63, 3.8) is 0 Å². The van der Waals surface area contributed by atoms with E-state index in [1.54, 1.807) is 0 Å². The molecule has 0 radical (unpaired) electrons. The number of amides is 1. The molecule has 2 aromatic heterocycles. The number of aromatic nitrogens is 2. The van der Waals surface area contributed by atoms with Crippen LogP contribution >= 0.6 is 24.0 Å². The first-order chi connectivity index (χ1) is 14.6. The zero-order chi connectivity index (χ0) is 20.7. The van der Waals surface area contributed by atoms with Gasteiger partial charge in [-0.25, -0.2) is 4.98 Å². The van der Waals surface area contributed by atoms with Gasteiger partial charge in [0.05, 0.1) is 16.8 Å². The van der Waals surface area contributed by atoms with Crippen LogP contribution in [-0.2, 0) is 4.79 Å². The first-order valence-corrected chi connectivity index (χ1v) is 11.1. The highest BCUT2D eigenvalue weighted by Gasteiger charge is 2.22. The number of anilines is 1. The van der Waals surface area contributed by atoms with Crippen LogP contribution in [0, 0.1) is 0 Å². The SMILES string of the molecule is CN1CCN(c2cccc(-c3cnc4ccc(/C=C5\SC(=S)NC5=O)cn34)c2)CC1. The largest absolute Gasteiger partial charge is 0.369 e. The zero-order valence-corrected chi connectivity index (χ0v) is 18.2. The fourth-order valence-corrected chi connectivity index (χ4v) is 4.84. The summed E-state index contributed by atoms with van der Waals surface area (Å²) in [5.41, 5.74) is 5.19. The predicted molar refractivity (Wildman–Crippen MR) is 127 cm³/mol. The van der Waals surface area contributed by atoms with Crippen molar-refractivity contribution in [1.29, 1.82) is 0 Å². The van der Waals surface area contributed by atoms with Crippen LogP contribution in [0.3, 0.4) is 0 Å². The van der Waals surface area contributed by atoms with Crippen LogP contribution in [0.1, 0.15) is 5.56 Å². The third-order valence-electron chi connectivity index (χ3n) is 5.48. The molecular formula is C22H21N5OS2. The molecule has 5 rings (SSSR count). The number of nitrogens with one attached hydrogen (secondary N) is 1. The van der Waals surface area contributed by atoms with Crippen molar-refractivity contribution < 1.29 is 4.79 Å². The van der Waals surface area contributed by atoms with Crippen LogP contribution < -0.4 is 10.2 Å². The number of hydrogen-bond acceptors (Lipinski definition) is 6. The maximum Gasteiger partial charge on any atom is 0.263 e. The minimum absolute atomic E-state index is 0.143. The average Bonchev–Trinajstić information content (AvgIpc) is 3.31. The molecule has 0 atom stereocenters. The molecule has 0 spiro atoms. The van der Waals surface area contributed by atoms with E-state index >= 15 is 0 Å². The number of carbonyl (C=O) groups excluding carboxylic acids is 1. The molecule has 1 N–H and O–H groups in total. The molecule has 1 aromatic carbocycles. The summed E-state index contributed by atoms with van der Waals surface area (Å²) in [6.45, 7) is 4.22. The maximum absolute atomic E-state index is 12.0. The molecular weight excluding hydrogens is 414 g/mol. The molecule has 6 nitrogen and oxygen atoms in total. The molecule has 1 amide bonds. The van der Waals surface area contributed by atoms with Crippen LogP contribution in [0.5, 0.6) is 0 Å². The summed E-state index contributed by atoms with van der Waals surface area (Å²) in [6, 6.07) is 12.6. The number of hydrogen-bond donors (Lipinski definition) is 1. The summed E-state index contributed by atoms with van der Waals surface area (Å²) in [7, 11) is 2.17. The number of likely N-dealkylation sites (N-methyl/N-ethyl adjacent to an activating group) is 1. The third kappa shape index (κ3) is 3.74. The van der Waals surface area contributed by atoms with Crippen molar-refractivity contribution in [2.75, 3.05) is 38.1 Å². The number of imidazole rings is 1. The monoisotopic (exact) mass is 435 g/mol. The highest BCUT2D eigenvalue weighted by atomic mass is 32.2. The van der Waals surface area contributed by atoms with E-state index in [4.69, 9.17) is 12.2 Å². The molecule has 8 heteroatoms. The van der Waals surface area contributed by atoms with Crippen molar-refractivity contribution in [3.05, 3.63) is 59.3 Å². The molecule has 30 heavy (non-hydrogen) atoms. The molecule has 0 saturated carbocycles. The van der Waals surface area contributed by atoms with Crippen LogP contribution in [-0.4, -0.2) is 57.7 Å². The molecule has 152 valence electrons. The molecule has 0 aliphatic carbocycles. The number of rotatable bonds is 3. The number of nitrogens with zero attached hydrogens (tertiary/aromatic N) is 4. The van der Waals surface area contributed by atoms with E-state index in [0.717, 1.165) is 48.6 Å². The second kappa shape index (κ2) is 7.86. The molecule has 2 saturated heterocycles. The van der Waals surface area contributed by atoms with Gasteiger partial charge in [0, 0.05) is 43.6 Å². The van der Waals surface area contributed by atoms with E-state index < -0.39 is 0 Å². The van der Waals surface area contributed by atoms with Crippen LogP contribution in [0.15, 0.2) is 53.7 Å². The van der Waals surface area contributed by atoms with Crippen molar-refractivity contribution in [2.24, 2.45) is 0 Å². The quantitative estimate of drug-likeness (QED) is 0.504. The summed E-state index contributed by atoms with van der Waals surface area (Å²) in [4.78, 5) is 21.9. The number of benzene rings is 1. The van der Waals surface area contributed by atoms with E-state index in [9.17, 15) is 4.79 Å². The van der Waals surface area contributed by atoms with Gasteiger partial charge < -0.3 is 15.1 Å². The Morgan fingerprint density at radius 2 is 2.00 bits per heavy atom. The van der Waals surface area contributed by atoms with Crippen molar-refractivity contribution >= 4 is 51.6 Å². The fourth-order valence-electron chi connectivity index (χ4n) is 3.79. The lowest BCUT2D eigenvalue weighted by molar-refractivity contribution is -0.115. The number of fused-ring (bicyclic) bond motifs is 1. The van der Waals surface area contributed by atoms with E-state index in [2.05, 4.69) is 55.8 Å². The summed E-state index contributed by atoms with van der Waals surface area (Å²) in [5.74, 6) is -0.143. The summed E-state index contributed by atoms with van der Waals surface area (Å²) in [6.07, 6.45) is 5.78. The Balaban J connectivity index is 1.49. The molecule has 2 fully saturated rings. The van der Waals surface area contributed by atoms with Gasteiger partial charge in [-0.1, -0.05) is 36.1 Å². The molecule has 2 aliphatic rings. The standard InChI is InChI=1S/C22H21N5OS2/c1-25-7-9-26(10-8-25)17-4-2-3-16(12-17)18-13-23-20-6-5-15(14-27(18)20)11-19-21(28)24-22(29)30-19/h2-6,11-14H,7-10H2,1H3,(H,24,28,29)/b19-11-. The van der Waals surface area contributed by atoms with Gasteiger partial charge in [0.15, 0.2) is 0 Å². The number of carbonyl (C=O) groups is 1. The van der Waals surface area contributed by atoms with Gasteiger partial charge in [-0.15, -0.1) is 0 Å². The predicted octanol–water partition coefficient (Wildman–Crippen LogP) is 3.24. The summed E-state index contributed by atoms with van der Waals surface area (Å²) >= 11 is 6.37. The third-order valence-corrected chi connectivity index (χ3v) is 6.64. The Morgan fingerprint density at radius 3 is 2.77 bits per heavy atom. The summed E-state index contributed by atoms with van der Waals surface area (Å²) < 4.78 is 2.57. The van der Waals surface area contributed by atoms with Crippen LogP contribution in [0.4, 0.5) is 5.69 Å². The number of pyridine rings is 1. The first kappa shape index (κ1) is 19.3. The molecule has 3 aromatic rings. The van der Waals surface area contributed by atoms with Crippen molar-refractivity contribution in [1.82, 2.24) is 19.6 Å². The molecule has 0 unspecified atom stereocenters. The molecule has 4 heterocycles. The van der Waals surface area contributed by atoms with Gasteiger partial charge in [-0.05, 0) is 43.0 Å². The van der Waals surface area contributed by atoms with Gasteiger partial charge in [0.1, 0.15) is 9.97 Å². The minimum atomic E-state index is -0.143. The number of thioether (sulfide) groups is 1. The number of thiocarbonyl (C=S) groups is 1. The minimum Gasteiger partial charge on any atom is -0.369 e. The average molecular weight is 436 g/mol. The Labute approximate surface area is 184 Å². The fraction of sp³-hybridized carbons (Fsp3) is 0.227. The van der Waals surface area contributed by atoms with Gasteiger partial charge in [0.2, 0.25) is 0 Å². The van der Waals surface area contributed by atoms with Crippen LogP contribution in [0.2, 0.25) is 0 Å². The zero-order valence-electron chi connectivity index (χ0n) is 16.5. The normalized spacial score (nSPS) is 19.1. The number of piperazine rings is 1. The van der Waals surface area contributed by atoms with Gasteiger partial charge in [0.25, 0.3) is 5.91 Å². The molecule has 2 aliphatic heterocycles.